The minimum atomic E-state index is 0.364. The highest BCUT2D eigenvalue weighted by Gasteiger charge is 1.97. The van der Waals surface area contributed by atoms with Gasteiger partial charge in [0.15, 0.2) is 5.82 Å². The van der Waals surface area contributed by atoms with Gasteiger partial charge in [0.2, 0.25) is 5.82 Å². The lowest BCUT2D eigenvalue weighted by Crippen LogP contribution is -1.82. The molecule has 0 amide bonds. The summed E-state index contributed by atoms with van der Waals surface area (Å²) >= 11 is 1.04. The third-order valence-corrected chi connectivity index (χ3v) is 1.33. The average Bonchev–Trinajstić information content (AvgIpc) is 2.31. The Balaban J connectivity index is 2.83. The van der Waals surface area contributed by atoms with Crippen molar-refractivity contribution in [2.45, 2.75) is 0 Å². The van der Waals surface area contributed by atoms with Crippen molar-refractivity contribution in [3.05, 3.63) is 12.7 Å². The van der Waals surface area contributed by atoms with Gasteiger partial charge in [-0.2, -0.15) is 8.75 Å². The number of nitrogens with zero attached hydrogens (tertiary/aromatic N) is 3. The van der Waals surface area contributed by atoms with E-state index >= 15 is 0 Å². The molecule has 0 aliphatic carbocycles. The molecule has 0 atom stereocenters. The second kappa shape index (κ2) is 3.07. The zero-order valence-electron chi connectivity index (χ0n) is 5.19. The van der Waals surface area contributed by atoms with Crippen LogP contribution in [-0.4, -0.2) is 15.0 Å². The monoisotopic (exact) mass is 154 g/mol. The number of hydrogen-bond donors (Lipinski definition) is 1. The van der Waals surface area contributed by atoms with Gasteiger partial charge >= 0.3 is 0 Å². The molecular formula is C5H6N4S. The van der Waals surface area contributed by atoms with E-state index in [1.54, 1.807) is 6.08 Å². The van der Waals surface area contributed by atoms with Crippen molar-refractivity contribution in [2.24, 2.45) is 4.99 Å². The predicted molar refractivity (Wildman–Crippen MR) is 42.7 cm³/mol. The van der Waals surface area contributed by atoms with Crippen molar-refractivity contribution in [2.75, 3.05) is 5.73 Å². The van der Waals surface area contributed by atoms with E-state index in [4.69, 9.17) is 5.73 Å². The van der Waals surface area contributed by atoms with Crippen molar-refractivity contribution in [1.82, 2.24) is 8.75 Å². The summed E-state index contributed by atoms with van der Waals surface area (Å²) in [7, 11) is 0. The molecule has 1 rings (SSSR count). The number of nitrogens with two attached hydrogens (primary N) is 1. The van der Waals surface area contributed by atoms with Crippen LogP contribution in [0.25, 0.3) is 0 Å². The number of nitrogen functional groups attached to an aromatic ring is 1. The Morgan fingerprint density at radius 1 is 1.60 bits per heavy atom. The Hall–Kier alpha value is -1.23. The fourth-order valence-electron chi connectivity index (χ4n) is 0.404. The summed E-state index contributed by atoms with van der Waals surface area (Å²) in [6.07, 6.45) is 3.08. The molecule has 2 N–H and O–H groups in total. The van der Waals surface area contributed by atoms with Crippen LogP contribution in [0.2, 0.25) is 0 Å². The number of aliphatic imine (C=N–C) groups is 1. The Bertz CT molecular complexity index is 252. The number of allylic oxidation sites excluding steroid dienone is 1. The van der Waals surface area contributed by atoms with E-state index in [1.165, 1.54) is 6.21 Å². The first-order valence-corrected chi connectivity index (χ1v) is 3.30. The maximum Gasteiger partial charge on any atom is 0.209 e. The van der Waals surface area contributed by atoms with Crippen LogP contribution in [0.15, 0.2) is 17.6 Å². The summed E-state index contributed by atoms with van der Waals surface area (Å²) in [6, 6.07) is 0. The molecule has 0 aliphatic heterocycles. The maximum absolute atomic E-state index is 5.37. The second-order valence-electron chi connectivity index (χ2n) is 1.49. The lowest BCUT2D eigenvalue weighted by molar-refractivity contribution is 1.42. The van der Waals surface area contributed by atoms with Gasteiger partial charge in [-0.05, 0) is 0 Å². The molecule has 0 saturated carbocycles. The van der Waals surface area contributed by atoms with Gasteiger partial charge in [0, 0.05) is 6.21 Å². The van der Waals surface area contributed by atoms with Crippen LogP contribution >= 0.6 is 11.7 Å². The van der Waals surface area contributed by atoms with Crippen molar-refractivity contribution in [3.63, 3.8) is 0 Å². The molecule has 52 valence electrons. The highest BCUT2D eigenvalue weighted by molar-refractivity contribution is 6.99. The Labute approximate surface area is 62.4 Å². The van der Waals surface area contributed by atoms with Crippen LogP contribution in [0, 0.1) is 0 Å². The Morgan fingerprint density at radius 3 is 2.90 bits per heavy atom. The fourth-order valence-corrected chi connectivity index (χ4v) is 0.832. The van der Waals surface area contributed by atoms with Gasteiger partial charge in [0.05, 0.1) is 11.7 Å². The molecule has 0 spiro atoms. The largest absolute Gasteiger partial charge is 0.380 e. The van der Waals surface area contributed by atoms with Gasteiger partial charge < -0.3 is 5.73 Å². The third kappa shape index (κ3) is 1.38. The summed E-state index contributed by atoms with van der Waals surface area (Å²) in [4.78, 5) is 3.85. The molecule has 0 saturated heterocycles. The molecule has 1 aromatic rings. The smallest absolute Gasteiger partial charge is 0.209 e. The van der Waals surface area contributed by atoms with Gasteiger partial charge in [0.25, 0.3) is 0 Å². The lowest BCUT2D eigenvalue weighted by Gasteiger charge is -1.81. The van der Waals surface area contributed by atoms with E-state index in [2.05, 4.69) is 20.3 Å². The van der Waals surface area contributed by atoms with E-state index in [0.717, 1.165) is 11.7 Å². The van der Waals surface area contributed by atoms with Gasteiger partial charge in [-0.15, -0.1) is 0 Å². The fraction of sp³-hybridized carbons (Fsp3) is 0. The van der Waals surface area contributed by atoms with Crippen molar-refractivity contribution in [1.29, 1.82) is 0 Å². The predicted octanol–water partition coefficient (Wildman–Crippen LogP) is 1.01. The van der Waals surface area contributed by atoms with Crippen molar-refractivity contribution in [3.8, 4) is 0 Å². The Kier molecular flexibility index (Phi) is 2.11. The van der Waals surface area contributed by atoms with Crippen molar-refractivity contribution >= 4 is 29.6 Å². The van der Waals surface area contributed by atoms with Gasteiger partial charge in [-0.1, -0.05) is 12.7 Å². The highest BCUT2D eigenvalue weighted by atomic mass is 32.1. The van der Waals surface area contributed by atoms with Crippen LogP contribution < -0.4 is 5.73 Å². The number of hydrogen-bond acceptors (Lipinski definition) is 5. The molecule has 0 bridgehead atoms. The zero-order valence-corrected chi connectivity index (χ0v) is 6.01. The standard InChI is InChI=1S/C5H6N4S/c1-2-3-7-5-4(6)8-10-9-5/h2-3H,1H2,(H2,6,8)/b7-3-. The minimum absolute atomic E-state index is 0.364. The quantitative estimate of drug-likeness (QED) is 0.646. The topological polar surface area (TPSA) is 64.2 Å². The summed E-state index contributed by atoms with van der Waals surface area (Å²) in [5.74, 6) is 0.827. The average molecular weight is 154 g/mol. The Morgan fingerprint density at radius 2 is 2.40 bits per heavy atom. The summed E-state index contributed by atoms with van der Waals surface area (Å²) < 4.78 is 7.54. The SMILES string of the molecule is C=C/C=N\c1nsnc1N. The number of rotatable bonds is 2. The van der Waals surface area contributed by atoms with Crippen LogP contribution in [0.1, 0.15) is 0 Å². The van der Waals surface area contributed by atoms with Crippen LogP contribution in [0.5, 0.6) is 0 Å². The molecule has 0 unspecified atom stereocenters. The van der Waals surface area contributed by atoms with E-state index in [9.17, 15) is 0 Å². The van der Waals surface area contributed by atoms with Gasteiger partial charge in [-0.3, -0.25) is 0 Å². The van der Waals surface area contributed by atoms with Crippen LogP contribution in [-0.2, 0) is 0 Å². The summed E-state index contributed by atoms with van der Waals surface area (Å²) in [6.45, 7) is 3.45. The van der Waals surface area contributed by atoms with E-state index in [-0.39, 0.29) is 0 Å². The molecule has 5 heteroatoms. The van der Waals surface area contributed by atoms with E-state index in [0.29, 0.717) is 11.6 Å². The molecule has 0 radical (unpaired) electrons. The van der Waals surface area contributed by atoms with Crippen LogP contribution in [0.3, 0.4) is 0 Å². The zero-order chi connectivity index (χ0) is 7.40. The minimum Gasteiger partial charge on any atom is -0.380 e. The normalized spacial score (nSPS) is 10.4. The second-order valence-corrected chi connectivity index (χ2v) is 2.02. The van der Waals surface area contributed by atoms with E-state index < -0.39 is 0 Å². The lowest BCUT2D eigenvalue weighted by atomic mass is 10.6. The first-order valence-electron chi connectivity index (χ1n) is 2.57. The van der Waals surface area contributed by atoms with Crippen LogP contribution in [0.4, 0.5) is 11.6 Å². The van der Waals surface area contributed by atoms with Gasteiger partial charge in [0.1, 0.15) is 0 Å². The molecule has 1 aromatic heterocycles. The first kappa shape index (κ1) is 6.88. The maximum atomic E-state index is 5.37. The van der Waals surface area contributed by atoms with Gasteiger partial charge in [-0.25, -0.2) is 4.99 Å². The molecule has 1 heterocycles. The summed E-state index contributed by atoms with van der Waals surface area (Å²) in [5.41, 5.74) is 5.37. The summed E-state index contributed by atoms with van der Waals surface area (Å²) in [5, 5.41) is 0. The highest BCUT2D eigenvalue weighted by Crippen LogP contribution is 2.16. The molecule has 0 aromatic carbocycles. The number of aromatic nitrogens is 2. The molecule has 0 aliphatic rings. The molecule has 4 nitrogen and oxygen atoms in total. The first-order chi connectivity index (χ1) is 4.84. The van der Waals surface area contributed by atoms with E-state index in [1.807, 2.05) is 0 Å². The third-order valence-electron chi connectivity index (χ3n) is 0.798. The van der Waals surface area contributed by atoms with Crippen molar-refractivity contribution < 1.29 is 0 Å². The molecule has 0 fully saturated rings. The molecular weight excluding hydrogens is 148 g/mol. The number of anilines is 1. The molecule has 10 heavy (non-hydrogen) atoms.